The number of piperazine rings is 1. The third-order valence-electron chi connectivity index (χ3n) is 4.65. The highest BCUT2D eigenvalue weighted by molar-refractivity contribution is 5.85. The normalized spacial score (nSPS) is 22.9. The molecule has 0 aromatic heterocycles. The van der Waals surface area contributed by atoms with Crippen molar-refractivity contribution in [3.05, 3.63) is 0 Å². The summed E-state index contributed by atoms with van der Waals surface area (Å²) in [5.41, 5.74) is -0.820. The molecule has 20 heavy (non-hydrogen) atoms. The number of nitrogens with zero attached hydrogens (tertiary/aromatic N) is 2. The van der Waals surface area contributed by atoms with Crippen molar-refractivity contribution in [1.82, 2.24) is 9.80 Å². The Kier molecular flexibility index (Phi) is 4.99. The van der Waals surface area contributed by atoms with E-state index >= 15 is 0 Å². The van der Waals surface area contributed by atoms with E-state index in [4.69, 9.17) is 5.11 Å². The first kappa shape index (κ1) is 15.3. The lowest BCUT2D eigenvalue weighted by Gasteiger charge is -2.36. The number of rotatable bonds is 5. The molecule has 0 spiro atoms. The predicted molar refractivity (Wildman–Crippen MR) is 73.3 cm³/mol. The van der Waals surface area contributed by atoms with Crippen LogP contribution in [0.4, 0.5) is 0 Å². The van der Waals surface area contributed by atoms with Crippen molar-refractivity contribution in [2.24, 2.45) is 5.41 Å². The van der Waals surface area contributed by atoms with Crippen LogP contribution in [0.1, 0.15) is 32.1 Å². The standard InChI is InChI=1S/C14H24N2O4/c17-10-9-15-5-7-16(8-6-15)12(18)11-14(13(19)20)3-1-2-4-14/h17H,1-11H2,(H,19,20). The molecule has 1 amide bonds. The molecule has 114 valence electrons. The molecular weight excluding hydrogens is 260 g/mol. The van der Waals surface area contributed by atoms with Gasteiger partial charge in [0.15, 0.2) is 0 Å². The van der Waals surface area contributed by atoms with Crippen LogP contribution in [-0.4, -0.2) is 71.2 Å². The highest BCUT2D eigenvalue weighted by Crippen LogP contribution is 2.41. The first-order chi connectivity index (χ1) is 9.57. The van der Waals surface area contributed by atoms with Gasteiger partial charge in [-0.1, -0.05) is 12.8 Å². The summed E-state index contributed by atoms with van der Waals surface area (Å²) in [6.45, 7) is 3.55. The van der Waals surface area contributed by atoms with Crippen LogP contribution in [0.15, 0.2) is 0 Å². The molecule has 1 saturated carbocycles. The average Bonchev–Trinajstić information content (AvgIpc) is 2.90. The van der Waals surface area contributed by atoms with Crippen LogP contribution in [0.2, 0.25) is 0 Å². The molecule has 1 heterocycles. The number of hydrogen-bond donors (Lipinski definition) is 2. The predicted octanol–water partition coefficient (Wildman–Crippen LogP) is 0.158. The molecule has 0 unspecified atom stereocenters. The van der Waals surface area contributed by atoms with E-state index in [2.05, 4.69) is 4.90 Å². The number of aliphatic hydroxyl groups is 1. The molecule has 0 aromatic carbocycles. The van der Waals surface area contributed by atoms with E-state index in [-0.39, 0.29) is 18.9 Å². The lowest BCUT2D eigenvalue weighted by Crippen LogP contribution is -2.50. The fourth-order valence-corrected chi connectivity index (χ4v) is 3.28. The van der Waals surface area contributed by atoms with Gasteiger partial charge in [-0.3, -0.25) is 14.5 Å². The molecule has 0 bridgehead atoms. The number of carbonyl (C=O) groups is 2. The number of amides is 1. The molecule has 2 N–H and O–H groups in total. The molecule has 0 radical (unpaired) electrons. The number of aliphatic hydroxyl groups excluding tert-OH is 1. The number of carbonyl (C=O) groups excluding carboxylic acids is 1. The van der Waals surface area contributed by atoms with E-state index in [0.29, 0.717) is 32.5 Å². The summed E-state index contributed by atoms with van der Waals surface area (Å²) < 4.78 is 0. The zero-order chi connectivity index (χ0) is 14.6. The van der Waals surface area contributed by atoms with Crippen molar-refractivity contribution in [1.29, 1.82) is 0 Å². The molecule has 2 rings (SSSR count). The third-order valence-corrected chi connectivity index (χ3v) is 4.65. The van der Waals surface area contributed by atoms with Gasteiger partial charge in [0.1, 0.15) is 0 Å². The van der Waals surface area contributed by atoms with Crippen molar-refractivity contribution < 1.29 is 19.8 Å². The summed E-state index contributed by atoms with van der Waals surface area (Å²) in [5.74, 6) is -0.847. The van der Waals surface area contributed by atoms with E-state index in [1.807, 2.05) is 0 Å². The summed E-state index contributed by atoms with van der Waals surface area (Å²) in [5, 5.41) is 18.3. The Labute approximate surface area is 119 Å². The van der Waals surface area contributed by atoms with Gasteiger partial charge in [-0.2, -0.15) is 0 Å². The zero-order valence-corrected chi connectivity index (χ0v) is 11.9. The maximum absolute atomic E-state index is 12.3. The maximum atomic E-state index is 12.3. The van der Waals surface area contributed by atoms with Gasteiger partial charge in [-0.25, -0.2) is 0 Å². The van der Waals surface area contributed by atoms with Gasteiger partial charge >= 0.3 is 5.97 Å². The topological polar surface area (TPSA) is 81.1 Å². The number of aliphatic carboxylic acids is 1. The van der Waals surface area contributed by atoms with Crippen molar-refractivity contribution in [3.63, 3.8) is 0 Å². The van der Waals surface area contributed by atoms with Crippen LogP contribution < -0.4 is 0 Å². The van der Waals surface area contributed by atoms with Gasteiger partial charge in [0.2, 0.25) is 5.91 Å². The number of hydrogen-bond acceptors (Lipinski definition) is 4. The monoisotopic (exact) mass is 284 g/mol. The minimum Gasteiger partial charge on any atom is -0.481 e. The average molecular weight is 284 g/mol. The molecule has 2 fully saturated rings. The molecule has 0 aromatic rings. The highest BCUT2D eigenvalue weighted by atomic mass is 16.4. The second kappa shape index (κ2) is 6.54. The fraction of sp³-hybridized carbons (Fsp3) is 0.857. The Morgan fingerprint density at radius 3 is 2.15 bits per heavy atom. The van der Waals surface area contributed by atoms with Crippen molar-refractivity contribution in [2.45, 2.75) is 32.1 Å². The number of β-amino-alcohol motifs (C(OH)–C–C–N with tert-alkyl or cyclic N) is 1. The lowest BCUT2D eigenvalue weighted by molar-refractivity contribution is -0.153. The Balaban J connectivity index is 1.87. The van der Waals surface area contributed by atoms with E-state index < -0.39 is 11.4 Å². The van der Waals surface area contributed by atoms with Crippen molar-refractivity contribution >= 4 is 11.9 Å². The lowest BCUT2D eigenvalue weighted by atomic mass is 9.82. The van der Waals surface area contributed by atoms with Crippen LogP contribution in [0.3, 0.4) is 0 Å². The Morgan fingerprint density at radius 1 is 1.05 bits per heavy atom. The third kappa shape index (κ3) is 3.30. The van der Waals surface area contributed by atoms with Crippen LogP contribution in [0.25, 0.3) is 0 Å². The molecule has 1 aliphatic carbocycles. The van der Waals surface area contributed by atoms with Crippen LogP contribution in [0, 0.1) is 5.41 Å². The smallest absolute Gasteiger partial charge is 0.310 e. The number of carboxylic acids is 1. The Morgan fingerprint density at radius 2 is 1.65 bits per heavy atom. The van der Waals surface area contributed by atoms with E-state index in [0.717, 1.165) is 25.9 Å². The second-order valence-electron chi connectivity index (χ2n) is 5.92. The van der Waals surface area contributed by atoms with E-state index in [9.17, 15) is 14.7 Å². The second-order valence-corrected chi connectivity index (χ2v) is 5.92. The first-order valence-corrected chi connectivity index (χ1v) is 7.42. The summed E-state index contributed by atoms with van der Waals surface area (Å²) in [6, 6.07) is 0. The summed E-state index contributed by atoms with van der Waals surface area (Å²) >= 11 is 0. The summed E-state index contributed by atoms with van der Waals surface area (Å²) in [6.07, 6.45) is 3.20. The van der Waals surface area contributed by atoms with Gasteiger partial charge < -0.3 is 15.1 Å². The van der Waals surface area contributed by atoms with E-state index in [1.165, 1.54) is 0 Å². The van der Waals surface area contributed by atoms with Crippen LogP contribution in [-0.2, 0) is 9.59 Å². The Hall–Kier alpha value is -1.14. The van der Waals surface area contributed by atoms with Gasteiger partial charge in [-0.05, 0) is 12.8 Å². The van der Waals surface area contributed by atoms with Gasteiger partial charge in [0.25, 0.3) is 0 Å². The van der Waals surface area contributed by atoms with Crippen molar-refractivity contribution in [3.8, 4) is 0 Å². The summed E-state index contributed by atoms with van der Waals surface area (Å²) in [4.78, 5) is 27.7. The molecule has 2 aliphatic rings. The zero-order valence-electron chi connectivity index (χ0n) is 11.9. The van der Waals surface area contributed by atoms with E-state index in [1.54, 1.807) is 4.90 Å². The quantitative estimate of drug-likeness (QED) is 0.751. The van der Waals surface area contributed by atoms with Gasteiger partial charge in [0, 0.05) is 39.1 Å². The minimum absolute atomic E-state index is 0.0297. The highest BCUT2D eigenvalue weighted by Gasteiger charge is 2.43. The fourth-order valence-electron chi connectivity index (χ4n) is 3.28. The molecule has 6 heteroatoms. The molecule has 6 nitrogen and oxygen atoms in total. The molecule has 1 saturated heterocycles. The molecular formula is C14H24N2O4. The van der Waals surface area contributed by atoms with Gasteiger partial charge in [-0.15, -0.1) is 0 Å². The summed E-state index contributed by atoms with van der Waals surface area (Å²) in [7, 11) is 0. The maximum Gasteiger partial charge on any atom is 0.310 e. The van der Waals surface area contributed by atoms with Crippen molar-refractivity contribution in [2.75, 3.05) is 39.3 Å². The largest absolute Gasteiger partial charge is 0.481 e. The van der Waals surface area contributed by atoms with Gasteiger partial charge in [0.05, 0.1) is 12.0 Å². The molecule has 1 aliphatic heterocycles. The first-order valence-electron chi connectivity index (χ1n) is 7.42. The SMILES string of the molecule is O=C(CC1(C(=O)O)CCCC1)N1CCN(CCO)CC1. The minimum atomic E-state index is -0.820. The number of carboxylic acid groups (broad SMARTS) is 1. The molecule has 0 atom stereocenters. The Bertz CT molecular complexity index is 358. The van der Waals surface area contributed by atoms with Crippen LogP contribution >= 0.6 is 0 Å². The van der Waals surface area contributed by atoms with Crippen LogP contribution in [0.5, 0.6) is 0 Å².